The van der Waals surface area contributed by atoms with Crippen molar-refractivity contribution in [1.29, 1.82) is 0 Å². The minimum Gasteiger partial charge on any atom is -0.411 e. The molecule has 0 fully saturated rings. The molecule has 0 rings (SSSR count). The maximum atomic E-state index is 6.28. The highest BCUT2D eigenvalue weighted by atomic mass is 28.4. The van der Waals surface area contributed by atoms with Crippen molar-refractivity contribution < 1.29 is 4.43 Å². The fourth-order valence-corrected chi connectivity index (χ4v) is 3.04. The molecule has 0 saturated heterocycles. The van der Waals surface area contributed by atoms with Crippen LogP contribution in [0.3, 0.4) is 0 Å². The summed E-state index contributed by atoms with van der Waals surface area (Å²) in [5.74, 6) is 0. The third kappa shape index (κ3) is 9.96. The second-order valence-corrected chi connectivity index (χ2v) is 12.0. The highest BCUT2D eigenvalue weighted by molar-refractivity contribution is 6.74. The van der Waals surface area contributed by atoms with Gasteiger partial charge in [0, 0.05) is 0 Å². The molecule has 2 heteroatoms. The lowest BCUT2D eigenvalue weighted by Crippen LogP contribution is -2.42. The van der Waals surface area contributed by atoms with Gasteiger partial charge in [0.25, 0.3) is 0 Å². The van der Waals surface area contributed by atoms with Crippen LogP contribution in [0.1, 0.15) is 53.9 Å². The summed E-state index contributed by atoms with van der Waals surface area (Å²) in [5, 5.41) is 0.264. The van der Waals surface area contributed by atoms with Crippen LogP contribution in [0.2, 0.25) is 18.1 Å². The van der Waals surface area contributed by atoms with E-state index in [4.69, 9.17) is 4.43 Å². The SMILES string of the molecule is CC/C=C\CC/C=C/C=C/C=C/[C@H](C)O[Si](C)(C)C(C)(C)C. The molecule has 0 amide bonds. The topological polar surface area (TPSA) is 9.23 Å². The van der Waals surface area contributed by atoms with Crippen LogP contribution >= 0.6 is 0 Å². The normalized spacial score (nSPS) is 15.8. The Balaban J connectivity index is 4.09. The number of hydrogen-bond donors (Lipinski definition) is 0. The minimum absolute atomic E-state index is 0.175. The molecule has 0 aliphatic heterocycles. The Morgan fingerprint density at radius 2 is 1.50 bits per heavy atom. The number of unbranched alkanes of at least 4 members (excludes halogenated alkanes) is 1. The van der Waals surface area contributed by atoms with Gasteiger partial charge in [0.15, 0.2) is 8.32 Å². The van der Waals surface area contributed by atoms with Gasteiger partial charge >= 0.3 is 0 Å². The zero-order chi connectivity index (χ0) is 17.1. The molecule has 0 aromatic carbocycles. The summed E-state index contributed by atoms with van der Waals surface area (Å²) in [6.07, 6.45) is 20.7. The second-order valence-electron chi connectivity index (χ2n) is 7.24. The summed E-state index contributed by atoms with van der Waals surface area (Å²) >= 11 is 0. The van der Waals surface area contributed by atoms with E-state index < -0.39 is 8.32 Å². The largest absolute Gasteiger partial charge is 0.411 e. The molecule has 0 aromatic heterocycles. The van der Waals surface area contributed by atoms with Gasteiger partial charge in [-0.25, -0.2) is 0 Å². The monoisotopic (exact) mass is 320 g/mol. The van der Waals surface area contributed by atoms with Crippen LogP contribution < -0.4 is 0 Å². The molecule has 0 aromatic rings. The van der Waals surface area contributed by atoms with Crippen molar-refractivity contribution >= 4 is 8.32 Å². The van der Waals surface area contributed by atoms with Gasteiger partial charge in [0.2, 0.25) is 0 Å². The predicted molar refractivity (Wildman–Crippen MR) is 104 cm³/mol. The number of rotatable bonds is 9. The Labute approximate surface area is 140 Å². The van der Waals surface area contributed by atoms with Crippen LogP contribution in [-0.2, 0) is 4.43 Å². The molecule has 126 valence electrons. The van der Waals surface area contributed by atoms with Gasteiger partial charge in [-0.3, -0.25) is 0 Å². The molecule has 0 aliphatic rings. The molecule has 0 saturated carbocycles. The van der Waals surface area contributed by atoms with E-state index in [1.807, 2.05) is 0 Å². The van der Waals surface area contributed by atoms with E-state index in [0.29, 0.717) is 0 Å². The highest BCUT2D eigenvalue weighted by Gasteiger charge is 2.37. The van der Waals surface area contributed by atoms with E-state index in [1.54, 1.807) is 0 Å². The standard InChI is InChI=1S/C20H36OSi/c1-8-9-10-11-12-13-14-15-16-17-18-19(2)21-22(6,7)20(3,4)5/h9-10,13-19H,8,11-12H2,1-7H3/b10-9-,14-13+,16-15+,18-17+/t19-/m0/s1. The first-order valence-corrected chi connectivity index (χ1v) is 11.4. The lowest BCUT2D eigenvalue weighted by atomic mass is 10.2. The third-order valence-corrected chi connectivity index (χ3v) is 8.61. The van der Waals surface area contributed by atoms with Gasteiger partial charge in [0.1, 0.15) is 0 Å². The molecule has 0 bridgehead atoms. The van der Waals surface area contributed by atoms with Crippen LogP contribution in [0.25, 0.3) is 0 Å². The molecule has 0 unspecified atom stereocenters. The zero-order valence-corrected chi connectivity index (χ0v) is 16.7. The van der Waals surface area contributed by atoms with Crippen molar-refractivity contribution in [3.8, 4) is 0 Å². The van der Waals surface area contributed by atoms with E-state index in [2.05, 4.69) is 96.3 Å². The van der Waals surface area contributed by atoms with E-state index in [0.717, 1.165) is 19.3 Å². The first kappa shape index (κ1) is 21.1. The Morgan fingerprint density at radius 1 is 0.909 bits per heavy atom. The van der Waals surface area contributed by atoms with Crippen LogP contribution in [0, 0.1) is 0 Å². The second kappa shape index (κ2) is 10.8. The van der Waals surface area contributed by atoms with Crippen LogP contribution in [0.15, 0.2) is 48.6 Å². The van der Waals surface area contributed by atoms with Gasteiger partial charge in [-0.05, 0) is 44.3 Å². The Bertz CT molecular complexity index is 394. The number of allylic oxidation sites excluding steroid dienone is 7. The first-order chi connectivity index (χ1) is 10.2. The van der Waals surface area contributed by atoms with Gasteiger partial charge < -0.3 is 4.43 Å². The van der Waals surface area contributed by atoms with Gasteiger partial charge in [0.05, 0.1) is 6.10 Å². The maximum Gasteiger partial charge on any atom is 0.192 e. The lowest BCUT2D eigenvalue weighted by molar-refractivity contribution is 0.243. The quantitative estimate of drug-likeness (QED) is 0.196. The predicted octanol–water partition coefficient (Wildman–Crippen LogP) is 6.81. The van der Waals surface area contributed by atoms with Crippen molar-refractivity contribution in [3.63, 3.8) is 0 Å². The third-order valence-electron chi connectivity index (χ3n) is 4.04. The summed E-state index contributed by atoms with van der Waals surface area (Å²) in [5.41, 5.74) is 0. The Morgan fingerprint density at radius 3 is 2.09 bits per heavy atom. The van der Waals surface area contributed by atoms with E-state index in [1.165, 1.54) is 0 Å². The van der Waals surface area contributed by atoms with Gasteiger partial charge in [-0.1, -0.05) is 76.3 Å². The molecule has 0 N–H and O–H groups in total. The van der Waals surface area contributed by atoms with Crippen molar-refractivity contribution in [2.24, 2.45) is 0 Å². The van der Waals surface area contributed by atoms with Crippen molar-refractivity contribution in [2.75, 3.05) is 0 Å². The summed E-state index contributed by atoms with van der Waals surface area (Å²) < 4.78 is 6.28. The summed E-state index contributed by atoms with van der Waals surface area (Å²) in [6, 6.07) is 0. The fraction of sp³-hybridized carbons (Fsp3) is 0.600. The van der Waals surface area contributed by atoms with Crippen LogP contribution in [0.4, 0.5) is 0 Å². The molecule has 0 aliphatic carbocycles. The van der Waals surface area contributed by atoms with E-state index in [-0.39, 0.29) is 11.1 Å². The molecule has 0 spiro atoms. The average molecular weight is 321 g/mol. The molecule has 0 radical (unpaired) electrons. The lowest BCUT2D eigenvalue weighted by Gasteiger charge is -2.37. The zero-order valence-electron chi connectivity index (χ0n) is 15.7. The van der Waals surface area contributed by atoms with Gasteiger partial charge in [-0.15, -0.1) is 0 Å². The maximum absolute atomic E-state index is 6.28. The van der Waals surface area contributed by atoms with Gasteiger partial charge in [-0.2, -0.15) is 0 Å². The Kier molecular flexibility index (Phi) is 10.4. The van der Waals surface area contributed by atoms with Crippen molar-refractivity contribution in [3.05, 3.63) is 48.6 Å². The Hall–Kier alpha value is -0.863. The van der Waals surface area contributed by atoms with Crippen molar-refractivity contribution in [2.45, 2.75) is 78.1 Å². The molecular formula is C20H36OSi. The van der Waals surface area contributed by atoms with Crippen molar-refractivity contribution in [1.82, 2.24) is 0 Å². The number of hydrogen-bond acceptors (Lipinski definition) is 1. The highest BCUT2D eigenvalue weighted by Crippen LogP contribution is 2.37. The van der Waals surface area contributed by atoms with E-state index in [9.17, 15) is 0 Å². The van der Waals surface area contributed by atoms with Crippen LogP contribution in [-0.4, -0.2) is 14.4 Å². The fourth-order valence-electron chi connectivity index (χ4n) is 1.68. The molecule has 1 atom stereocenters. The molecule has 22 heavy (non-hydrogen) atoms. The summed E-state index contributed by atoms with van der Waals surface area (Å²) in [6.45, 7) is 15.7. The molecular weight excluding hydrogens is 284 g/mol. The summed E-state index contributed by atoms with van der Waals surface area (Å²) in [4.78, 5) is 0. The summed E-state index contributed by atoms with van der Waals surface area (Å²) in [7, 11) is -1.66. The smallest absolute Gasteiger partial charge is 0.192 e. The first-order valence-electron chi connectivity index (χ1n) is 8.53. The van der Waals surface area contributed by atoms with Crippen LogP contribution in [0.5, 0.6) is 0 Å². The van der Waals surface area contributed by atoms with E-state index >= 15 is 0 Å². The minimum atomic E-state index is -1.66. The molecule has 0 heterocycles. The molecule has 1 nitrogen and oxygen atoms in total. The average Bonchev–Trinajstić information content (AvgIpc) is 2.39.